The van der Waals surface area contributed by atoms with Crippen molar-refractivity contribution in [3.8, 4) is 0 Å². The highest BCUT2D eigenvalue weighted by Crippen LogP contribution is 2.45. The molecule has 2 aromatic rings. The molecule has 1 atom stereocenters. The van der Waals surface area contributed by atoms with Crippen LogP contribution < -0.4 is 10.7 Å². The summed E-state index contributed by atoms with van der Waals surface area (Å²) in [5.41, 5.74) is 0.125. The van der Waals surface area contributed by atoms with Gasteiger partial charge >= 0.3 is 6.18 Å². The highest BCUT2D eigenvalue weighted by atomic mass is 32.1. The van der Waals surface area contributed by atoms with Gasteiger partial charge in [0.15, 0.2) is 5.54 Å². The van der Waals surface area contributed by atoms with E-state index in [1.54, 1.807) is 11.3 Å². The molecule has 1 amide bonds. The molecule has 3 heterocycles. The molecule has 0 saturated heterocycles. The van der Waals surface area contributed by atoms with Gasteiger partial charge in [-0.1, -0.05) is 6.07 Å². The summed E-state index contributed by atoms with van der Waals surface area (Å²) >= 11 is 2.44. The summed E-state index contributed by atoms with van der Waals surface area (Å²) in [7, 11) is 1.50. The standard InChI is InChI=1S/C16H16F3N3OS2/c1-22-9-7-15(21-22,16(17,18)19)13-5-4-12(25-13)14(23)20-8-6-11-3-2-10-24-11/h2-5,7,9-10,21H,6,8H2,1H3,(H,20,23). The van der Waals surface area contributed by atoms with Gasteiger partial charge in [0.25, 0.3) is 5.91 Å². The molecule has 134 valence electrons. The van der Waals surface area contributed by atoms with Crippen LogP contribution in [-0.4, -0.2) is 30.7 Å². The van der Waals surface area contributed by atoms with Gasteiger partial charge in [-0.25, -0.2) is 5.43 Å². The average Bonchev–Trinajstić information content (AvgIpc) is 3.26. The van der Waals surface area contributed by atoms with E-state index in [0.29, 0.717) is 13.0 Å². The molecule has 9 heteroatoms. The minimum Gasteiger partial charge on any atom is -0.351 e. The third kappa shape index (κ3) is 3.58. The van der Waals surface area contributed by atoms with Crippen LogP contribution >= 0.6 is 22.7 Å². The number of hydrogen-bond donors (Lipinski definition) is 2. The van der Waals surface area contributed by atoms with E-state index in [2.05, 4.69) is 10.7 Å². The van der Waals surface area contributed by atoms with Crippen LogP contribution in [0.3, 0.4) is 0 Å². The topological polar surface area (TPSA) is 44.4 Å². The quantitative estimate of drug-likeness (QED) is 0.825. The summed E-state index contributed by atoms with van der Waals surface area (Å²) in [6.45, 7) is 0.442. The second-order valence-electron chi connectivity index (χ2n) is 5.59. The fraction of sp³-hybridized carbons (Fsp3) is 0.312. The Hall–Kier alpha value is -1.84. The van der Waals surface area contributed by atoms with Crippen molar-refractivity contribution in [3.05, 3.63) is 56.6 Å². The van der Waals surface area contributed by atoms with Gasteiger partial charge in [0.2, 0.25) is 0 Å². The van der Waals surface area contributed by atoms with Gasteiger partial charge in [0.05, 0.1) is 4.88 Å². The smallest absolute Gasteiger partial charge is 0.351 e. The molecule has 0 radical (unpaired) electrons. The summed E-state index contributed by atoms with van der Waals surface area (Å²) in [6, 6.07) is 6.69. The van der Waals surface area contributed by atoms with Crippen LogP contribution in [0.2, 0.25) is 0 Å². The average molecular weight is 387 g/mol. The number of amides is 1. The van der Waals surface area contributed by atoms with E-state index in [0.717, 1.165) is 22.3 Å². The fourth-order valence-electron chi connectivity index (χ4n) is 2.52. The lowest BCUT2D eigenvalue weighted by Gasteiger charge is -2.31. The summed E-state index contributed by atoms with van der Waals surface area (Å²) in [5, 5.41) is 5.96. The van der Waals surface area contributed by atoms with Gasteiger partial charge in [-0.15, -0.1) is 22.7 Å². The molecule has 3 rings (SSSR count). The molecule has 2 N–H and O–H groups in total. The summed E-state index contributed by atoms with van der Waals surface area (Å²) in [6.07, 6.45) is -1.43. The lowest BCUT2D eigenvalue weighted by Crippen LogP contribution is -2.52. The number of halogens is 3. The van der Waals surface area contributed by atoms with E-state index in [1.807, 2.05) is 17.5 Å². The maximum Gasteiger partial charge on any atom is 0.416 e. The van der Waals surface area contributed by atoms with Gasteiger partial charge < -0.3 is 10.3 Å². The molecule has 0 fully saturated rings. The second kappa shape index (κ2) is 6.81. The third-order valence-corrected chi connectivity index (χ3v) is 5.96. The first-order valence-electron chi connectivity index (χ1n) is 7.49. The molecule has 0 aliphatic carbocycles. The number of carbonyl (C=O) groups excluding carboxylic acids is 1. The molecule has 1 unspecified atom stereocenters. The Balaban J connectivity index is 1.70. The van der Waals surface area contributed by atoms with Crippen LogP contribution in [0.4, 0.5) is 13.2 Å². The van der Waals surface area contributed by atoms with Crippen molar-refractivity contribution in [1.29, 1.82) is 0 Å². The van der Waals surface area contributed by atoms with Crippen LogP contribution in [0.5, 0.6) is 0 Å². The molecule has 1 aliphatic heterocycles. The maximum absolute atomic E-state index is 13.6. The highest BCUT2D eigenvalue weighted by molar-refractivity contribution is 7.14. The van der Waals surface area contributed by atoms with E-state index >= 15 is 0 Å². The fourth-order valence-corrected chi connectivity index (χ4v) is 4.30. The predicted octanol–water partition coefficient (Wildman–Crippen LogP) is 3.50. The number of rotatable bonds is 5. The van der Waals surface area contributed by atoms with Crippen molar-refractivity contribution in [2.24, 2.45) is 0 Å². The van der Waals surface area contributed by atoms with E-state index in [9.17, 15) is 18.0 Å². The van der Waals surface area contributed by atoms with E-state index in [-0.39, 0.29) is 15.7 Å². The van der Waals surface area contributed by atoms with Gasteiger partial charge in [-0.05, 0) is 36.1 Å². The van der Waals surface area contributed by atoms with Crippen LogP contribution in [0, 0.1) is 0 Å². The Morgan fingerprint density at radius 3 is 2.76 bits per heavy atom. The molecule has 2 aromatic heterocycles. The van der Waals surface area contributed by atoms with Crippen molar-refractivity contribution in [2.75, 3.05) is 13.6 Å². The zero-order valence-corrected chi connectivity index (χ0v) is 14.9. The number of hydrazine groups is 1. The van der Waals surface area contributed by atoms with Crippen molar-refractivity contribution < 1.29 is 18.0 Å². The first kappa shape index (κ1) is 18.0. The molecule has 25 heavy (non-hydrogen) atoms. The minimum absolute atomic E-state index is 0.0315. The maximum atomic E-state index is 13.6. The Labute approximate surface area is 150 Å². The Bertz CT molecular complexity index is 770. The monoisotopic (exact) mass is 387 g/mol. The molecular formula is C16H16F3N3OS2. The minimum atomic E-state index is -4.52. The molecule has 0 saturated carbocycles. The molecule has 0 aromatic carbocycles. The Kier molecular flexibility index (Phi) is 4.90. The van der Waals surface area contributed by atoms with Crippen LogP contribution in [0.1, 0.15) is 19.4 Å². The zero-order valence-electron chi connectivity index (χ0n) is 13.3. The SMILES string of the molecule is CN1C=CC(c2ccc(C(=O)NCCc3cccs3)s2)(C(F)(F)F)N1. The van der Waals surface area contributed by atoms with E-state index in [4.69, 9.17) is 0 Å². The number of hydrogen-bond acceptors (Lipinski definition) is 5. The first-order chi connectivity index (χ1) is 11.8. The second-order valence-corrected chi connectivity index (χ2v) is 7.71. The lowest BCUT2D eigenvalue weighted by atomic mass is 9.98. The zero-order chi connectivity index (χ0) is 18.1. The highest BCUT2D eigenvalue weighted by Gasteiger charge is 2.57. The lowest BCUT2D eigenvalue weighted by molar-refractivity contribution is -0.189. The van der Waals surface area contributed by atoms with Crippen LogP contribution in [0.15, 0.2) is 41.9 Å². The van der Waals surface area contributed by atoms with Crippen LogP contribution in [0.25, 0.3) is 0 Å². The summed E-state index contributed by atoms with van der Waals surface area (Å²) < 4.78 is 40.8. The number of thiophene rings is 2. The van der Waals surface area contributed by atoms with Crippen molar-refractivity contribution >= 4 is 28.6 Å². The Morgan fingerprint density at radius 1 is 1.36 bits per heavy atom. The van der Waals surface area contributed by atoms with Gasteiger partial charge in [-0.2, -0.15) is 13.2 Å². The van der Waals surface area contributed by atoms with Crippen LogP contribution in [-0.2, 0) is 12.0 Å². The molecule has 0 spiro atoms. The predicted molar refractivity (Wildman–Crippen MR) is 92.4 cm³/mol. The summed E-state index contributed by atoms with van der Waals surface area (Å²) in [5.74, 6) is -0.361. The first-order valence-corrected chi connectivity index (χ1v) is 9.19. The van der Waals surface area contributed by atoms with Crippen molar-refractivity contribution in [3.63, 3.8) is 0 Å². The normalized spacial score (nSPS) is 20.2. The van der Waals surface area contributed by atoms with E-state index < -0.39 is 11.7 Å². The number of carbonyl (C=O) groups is 1. The molecular weight excluding hydrogens is 371 g/mol. The van der Waals surface area contributed by atoms with Gasteiger partial charge in [-0.3, -0.25) is 4.79 Å². The molecule has 4 nitrogen and oxygen atoms in total. The largest absolute Gasteiger partial charge is 0.416 e. The number of alkyl halides is 3. The van der Waals surface area contributed by atoms with Gasteiger partial charge in [0, 0.05) is 29.5 Å². The number of nitrogens with zero attached hydrogens (tertiary/aromatic N) is 1. The molecule has 1 aliphatic rings. The van der Waals surface area contributed by atoms with E-state index in [1.165, 1.54) is 30.4 Å². The van der Waals surface area contributed by atoms with Gasteiger partial charge in [0.1, 0.15) is 0 Å². The van der Waals surface area contributed by atoms with Crippen molar-refractivity contribution in [2.45, 2.75) is 18.1 Å². The third-order valence-electron chi connectivity index (χ3n) is 3.80. The Morgan fingerprint density at radius 2 is 2.16 bits per heavy atom. The number of nitrogens with one attached hydrogen (secondary N) is 2. The van der Waals surface area contributed by atoms with Crippen molar-refractivity contribution in [1.82, 2.24) is 15.8 Å². The molecule has 0 bridgehead atoms. The summed E-state index contributed by atoms with van der Waals surface area (Å²) in [4.78, 5) is 13.6.